The molecule has 0 fully saturated rings. The number of hydrogen-bond donors (Lipinski definition) is 4. The van der Waals surface area contributed by atoms with E-state index in [-0.39, 0.29) is 67.2 Å². The number of methoxy groups -OCH3 is 2. The number of nitrogens with one attached hydrogen (secondary N) is 3. The predicted molar refractivity (Wildman–Crippen MR) is 262 cm³/mol. The minimum Gasteiger partial charge on any atom is -0.793 e. The molecule has 0 unspecified atom stereocenters. The van der Waals surface area contributed by atoms with Crippen molar-refractivity contribution in [1.29, 1.82) is 0 Å². The van der Waals surface area contributed by atoms with Crippen LogP contribution in [0.3, 0.4) is 0 Å². The number of amides is 2. The van der Waals surface area contributed by atoms with E-state index in [9.17, 15) is 38.4 Å². The summed E-state index contributed by atoms with van der Waals surface area (Å²) in [5, 5.41) is 12.5. The second-order valence-electron chi connectivity index (χ2n) is 13.5. The zero-order chi connectivity index (χ0) is 50.8. The molecular weight excluding hydrogens is 982 g/mol. The molecule has 24 heteroatoms. The van der Waals surface area contributed by atoms with Crippen LogP contribution in [-0.2, 0) is 77.1 Å². The maximum absolute atomic E-state index is 11.9. The fraction of sp³-hybridized carbons (Fsp3) is 0.391. The number of halogens is 1. The number of hydrogen-bond acceptors (Lipinski definition) is 19. The molecule has 70 heavy (non-hydrogen) atoms. The number of aldehydes is 1. The Balaban J connectivity index is -0.000000915. The van der Waals surface area contributed by atoms with E-state index in [4.69, 9.17) is 19.9 Å². The molecule has 0 spiro atoms. The van der Waals surface area contributed by atoms with Crippen molar-refractivity contribution in [3.63, 3.8) is 0 Å². The Hall–Kier alpha value is -5.33. The largest absolute Gasteiger partial charge is 1.00 e. The predicted octanol–water partition coefficient (Wildman–Crippen LogP) is 3.71. The Labute approximate surface area is 446 Å². The SMILES string of the molecule is CC(=O)OOC(C)=O.COC(=O)[C@@H](N)CCCCNC(=O)OCc1ccccc1.COC(=O)[C@H](CCCCNC(=O)OCc1ccccc1)NCc1cccs1.Cl.O=Cc1cccs1.[B-]OC(C)=O.[Na+]. The number of esters is 2. The third kappa shape index (κ3) is 40.6. The summed E-state index contributed by atoms with van der Waals surface area (Å²) in [6, 6.07) is 25.7. The summed E-state index contributed by atoms with van der Waals surface area (Å²) >= 11 is 3.10. The van der Waals surface area contributed by atoms with Crippen LogP contribution in [0.15, 0.2) is 95.7 Å². The average molecular weight is 1040 g/mol. The Morgan fingerprint density at radius 3 is 1.47 bits per heavy atom. The van der Waals surface area contributed by atoms with E-state index < -0.39 is 42.1 Å². The molecule has 2 aromatic heterocycles. The van der Waals surface area contributed by atoms with Gasteiger partial charge in [-0.1, -0.05) is 72.8 Å². The molecule has 0 aliphatic rings. The third-order valence-electron chi connectivity index (χ3n) is 8.02. The summed E-state index contributed by atoms with van der Waals surface area (Å²) in [5.74, 6) is -2.42. The van der Waals surface area contributed by atoms with Gasteiger partial charge in [0.15, 0.2) is 6.29 Å². The van der Waals surface area contributed by atoms with Crippen LogP contribution in [0.2, 0.25) is 0 Å². The van der Waals surface area contributed by atoms with E-state index in [0.29, 0.717) is 32.5 Å². The Morgan fingerprint density at radius 2 is 1.10 bits per heavy atom. The molecule has 19 nitrogen and oxygen atoms in total. The molecular formula is C46H62BClN4NaO15S2. The second kappa shape index (κ2) is 46.1. The van der Waals surface area contributed by atoms with E-state index in [1.54, 1.807) is 17.4 Å². The standard InChI is InChI=1S/C20H26N2O4S.C15H22N2O4.C5H4OS.C4H6O4.C2H3BO2.ClH.Na/c1-25-19(23)18(22-14-17-10-7-13-27-17)11-5-6-12-21-20(24)26-15-16-8-3-2-4-9-16;1-20-14(18)13(16)9-5-6-10-17-15(19)21-11-12-7-3-2-4-8-12;6-4-5-2-1-3-7-5;1-3(5)7-8-4(2)6;1-2(4)5-3;;/h2-4,7-10,13,18,22H,5-6,11-12,14-15H2,1H3,(H,21,24);2-4,7-8,13H,5-6,9-11,16H2,1H3,(H,17,19);1-4H;1-2H3;1H3;1H;/q;;;;-1;;+1/t18-;13-;;;;;/m00...../s1. The van der Waals surface area contributed by atoms with Crippen LogP contribution in [0.5, 0.6) is 0 Å². The number of thiophene rings is 2. The first-order chi connectivity index (χ1) is 32.6. The van der Waals surface area contributed by atoms with Crippen molar-refractivity contribution in [2.24, 2.45) is 5.73 Å². The quantitative estimate of drug-likeness (QED) is 0.0187. The number of alkyl carbamates (subject to hydrolysis) is 2. The molecule has 0 aliphatic carbocycles. The van der Waals surface area contributed by atoms with E-state index in [1.165, 1.54) is 37.4 Å². The molecule has 2 aromatic carbocycles. The van der Waals surface area contributed by atoms with Crippen LogP contribution in [-0.4, -0.2) is 95.8 Å². The topological polar surface area (TPSA) is 263 Å². The van der Waals surface area contributed by atoms with Crippen LogP contribution in [0, 0.1) is 0 Å². The van der Waals surface area contributed by atoms with Crippen LogP contribution >= 0.6 is 35.1 Å². The van der Waals surface area contributed by atoms with Gasteiger partial charge in [-0.25, -0.2) is 29.0 Å². The summed E-state index contributed by atoms with van der Waals surface area (Å²) in [6.45, 7) is 5.66. The maximum atomic E-state index is 11.9. The van der Waals surface area contributed by atoms with Gasteiger partial charge >= 0.3 is 65.6 Å². The van der Waals surface area contributed by atoms with Gasteiger partial charge in [0.05, 0.1) is 19.1 Å². The molecule has 2 heterocycles. The van der Waals surface area contributed by atoms with Gasteiger partial charge in [-0.15, -0.1) is 35.1 Å². The van der Waals surface area contributed by atoms with Crippen molar-refractivity contribution in [2.75, 3.05) is 27.3 Å². The minimum atomic E-state index is -0.639. The monoisotopic (exact) mass is 1040 g/mol. The number of ether oxygens (including phenoxy) is 4. The van der Waals surface area contributed by atoms with Crippen molar-refractivity contribution >= 4 is 91.4 Å². The summed E-state index contributed by atoms with van der Waals surface area (Å²) in [7, 11) is 7.03. The van der Waals surface area contributed by atoms with E-state index in [1.807, 2.05) is 89.6 Å². The second-order valence-corrected chi connectivity index (χ2v) is 15.5. The van der Waals surface area contributed by atoms with Gasteiger partial charge in [0.1, 0.15) is 25.3 Å². The molecule has 0 aliphatic heterocycles. The fourth-order valence-corrected chi connectivity index (χ4v) is 5.90. The third-order valence-corrected chi connectivity index (χ3v) is 9.69. The molecule has 2 atom stereocenters. The molecule has 0 saturated heterocycles. The normalized spacial score (nSPS) is 10.2. The molecule has 0 saturated carbocycles. The van der Waals surface area contributed by atoms with Gasteiger partial charge in [0, 0.05) is 45.3 Å². The molecule has 2 amide bonds. The van der Waals surface area contributed by atoms with E-state index >= 15 is 0 Å². The summed E-state index contributed by atoms with van der Waals surface area (Å²) in [4.78, 5) is 94.7. The fourth-order valence-electron chi connectivity index (χ4n) is 4.72. The number of rotatable bonds is 20. The Kier molecular flexibility index (Phi) is 45.4. The van der Waals surface area contributed by atoms with E-state index in [0.717, 1.165) is 61.8 Å². The molecule has 0 bridgehead atoms. The number of unbranched alkanes of at least 4 members (excludes halogenated alkanes) is 2. The van der Waals surface area contributed by atoms with Gasteiger partial charge in [0.25, 0.3) is 0 Å². The smallest absolute Gasteiger partial charge is 0.793 e. The van der Waals surface area contributed by atoms with Crippen molar-refractivity contribution in [2.45, 2.75) is 91.1 Å². The first-order valence-electron chi connectivity index (χ1n) is 20.9. The average Bonchev–Trinajstić information content (AvgIpc) is 4.09. The van der Waals surface area contributed by atoms with Gasteiger partial charge in [-0.2, -0.15) is 0 Å². The van der Waals surface area contributed by atoms with Gasteiger partial charge in [-0.05, 0) is 72.5 Å². The molecule has 379 valence electrons. The number of carbonyl (C=O) groups is 8. The van der Waals surface area contributed by atoms with Crippen molar-refractivity contribution < 1.29 is 101 Å². The first-order valence-corrected chi connectivity index (χ1v) is 22.7. The van der Waals surface area contributed by atoms with Crippen molar-refractivity contribution in [3.05, 3.63) is 117 Å². The number of carbonyl (C=O) groups excluding carboxylic acids is 8. The Bertz CT molecular complexity index is 1980. The van der Waals surface area contributed by atoms with Crippen molar-refractivity contribution in [1.82, 2.24) is 16.0 Å². The van der Waals surface area contributed by atoms with Crippen molar-refractivity contribution in [3.8, 4) is 0 Å². The minimum absolute atomic E-state index is 0. The summed E-state index contributed by atoms with van der Waals surface area (Å²) in [6.07, 6.45) is 4.16. The number of benzene rings is 2. The van der Waals surface area contributed by atoms with E-state index in [2.05, 4.69) is 43.2 Å². The summed E-state index contributed by atoms with van der Waals surface area (Å²) in [5.41, 5.74) is 7.49. The molecule has 4 rings (SSSR count). The molecule has 5 N–H and O–H groups in total. The molecule has 3 radical (unpaired) electrons. The zero-order valence-electron chi connectivity index (χ0n) is 40.3. The molecule has 4 aromatic rings. The van der Waals surface area contributed by atoms with Crippen LogP contribution in [0.25, 0.3) is 0 Å². The van der Waals surface area contributed by atoms with Crippen LogP contribution < -0.4 is 51.2 Å². The van der Waals surface area contributed by atoms with Gasteiger partial charge < -0.3 is 48.0 Å². The number of nitrogens with two attached hydrogens (primary N) is 1. The van der Waals surface area contributed by atoms with Gasteiger partial charge in [0.2, 0.25) is 5.97 Å². The Morgan fingerprint density at radius 1 is 0.643 bits per heavy atom. The van der Waals surface area contributed by atoms with Gasteiger partial charge in [-0.3, -0.25) is 24.5 Å². The maximum Gasteiger partial charge on any atom is 1.00 e. The van der Waals surface area contributed by atoms with Crippen LogP contribution in [0.4, 0.5) is 9.59 Å². The summed E-state index contributed by atoms with van der Waals surface area (Å²) < 4.78 is 23.2. The zero-order valence-corrected chi connectivity index (χ0v) is 44.7. The van der Waals surface area contributed by atoms with Crippen LogP contribution in [0.1, 0.15) is 85.0 Å². The first kappa shape index (κ1) is 68.9.